The molecule has 4 amide bonds. The number of thioether (sulfide) groups is 1. The summed E-state index contributed by atoms with van der Waals surface area (Å²) in [6.07, 6.45) is 9.54. The lowest BCUT2D eigenvalue weighted by molar-refractivity contribution is 0.0991. The summed E-state index contributed by atoms with van der Waals surface area (Å²) in [7, 11) is 0. The van der Waals surface area contributed by atoms with E-state index in [-0.39, 0.29) is 0 Å². The van der Waals surface area contributed by atoms with Crippen LogP contribution in [-0.2, 0) is 58.4 Å². The molecule has 8 aromatic carbocycles. The van der Waals surface area contributed by atoms with Crippen molar-refractivity contribution in [2.75, 3.05) is 106 Å². The summed E-state index contributed by atoms with van der Waals surface area (Å²) in [5, 5.41) is 81.7. The van der Waals surface area contributed by atoms with E-state index in [1.54, 1.807) is 12.4 Å². The number of nitrogen functional groups attached to an aromatic ring is 1. The van der Waals surface area contributed by atoms with E-state index in [2.05, 4.69) is 164 Å². The van der Waals surface area contributed by atoms with Crippen LogP contribution in [0.15, 0.2) is 164 Å². The molecule has 13 aromatic rings. The van der Waals surface area contributed by atoms with Gasteiger partial charge in [-0.1, -0.05) is 116 Å². The van der Waals surface area contributed by atoms with Crippen LogP contribution in [-0.4, -0.2) is 164 Å². The molecule has 3 fully saturated rings. The largest absolute Gasteiger partial charge is 0.507 e. The van der Waals surface area contributed by atoms with Gasteiger partial charge in [0.15, 0.2) is 23.3 Å². The van der Waals surface area contributed by atoms with Gasteiger partial charge in [-0.2, -0.15) is 32.2 Å². The van der Waals surface area contributed by atoms with Crippen LogP contribution >= 0.6 is 11.8 Å². The molecular formula is C98H117N23O8S. The van der Waals surface area contributed by atoms with E-state index in [1.165, 1.54) is 43.6 Å². The number of phenolic OH excluding ortho intramolecular Hbond substituents is 4. The van der Waals surface area contributed by atoms with Crippen LogP contribution < -0.4 is 64.6 Å². The lowest BCUT2D eigenvalue weighted by atomic mass is 10.0. The standard InChI is InChI=1S/C28H32N8O2.C26H33N5O2.C24H29N5O2S.C20H23N5O2/c1-18-14-21(15-19(2)25(18)37)17-32-27-24(26(29)38)23(33-34-27)16-20-4-6-22(7-5-20)35-10-12-36(13-11-35)28-30-8-3-9-31-28;1-17-12-21(13-18(2)24(17)32)15-28-26-23(25(27)33)22(29-30-26)14-19-6-8-20(9-7-19)16-31-10-4-3-5-11-31;1-15-11-18(12-16(2)22(15)30)14-26-24-21(23(25)31)20(27-28-24)13-17-3-5-19(6-4-17)29-7-9-32-10-8-29;1-11-7-14(8-12(2)18(11)26)10-23-20-17(19(22)27)16(24-25-20)9-13-3-5-15(21)6-4-13/h3-9,14-15,37H,10-13,16-17H2,1-2H3,(H2,29,38)(H2,32,33,34);6-9,12-13,32H,3-5,10-11,14-16H2,1-2H3,(H2,27,33)(H2,28,29,30);3-6,11-12,30H,7-10,13-14H2,1-2H3,(H2,25,31)(H2,26,27,28);3-8,26H,9-10,21H2,1-2H3,(H2,22,27)(H2,23,24,25). The second kappa shape index (κ2) is 43.3. The van der Waals surface area contributed by atoms with Gasteiger partial charge in [0.25, 0.3) is 23.6 Å². The molecule has 5 aromatic heterocycles. The first-order valence-corrected chi connectivity index (χ1v) is 44.7. The molecule has 3 saturated heterocycles. The van der Waals surface area contributed by atoms with E-state index >= 15 is 0 Å². The number of phenols is 4. The molecule has 678 valence electrons. The predicted octanol–water partition coefficient (Wildman–Crippen LogP) is 13.4. The van der Waals surface area contributed by atoms with Crippen molar-refractivity contribution in [3.05, 3.63) is 304 Å². The third-order valence-electron chi connectivity index (χ3n) is 23.5. The van der Waals surface area contributed by atoms with Gasteiger partial charge in [-0.15, -0.1) is 0 Å². The monoisotopic (exact) mass is 1780 g/mol. The number of aryl methyl sites for hydroxylation is 8. The number of carbonyl (C=O) groups excluding carboxylic acids is 4. The number of primary amides is 4. The molecule has 0 saturated carbocycles. The number of nitrogens with zero attached hydrogens (tertiary/aromatic N) is 10. The maximum atomic E-state index is 12.3. The zero-order valence-electron chi connectivity index (χ0n) is 74.8. The number of piperidine rings is 1. The minimum absolute atomic E-state index is 0.294. The normalized spacial score (nSPS) is 13.2. The molecule has 0 radical (unpaired) electrons. The Labute approximate surface area is 760 Å². The number of hydrogen-bond donors (Lipinski definition) is 17. The van der Waals surface area contributed by atoms with Gasteiger partial charge in [-0.25, -0.2) is 9.97 Å². The van der Waals surface area contributed by atoms with Crippen molar-refractivity contribution in [1.29, 1.82) is 0 Å². The zero-order valence-corrected chi connectivity index (χ0v) is 75.7. The van der Waals surface area contributed by atoms with Gasteiger partial charge in [0, 0.05) is 139 Å². The number of carbonyl (C=O) groups is 4. The smallest absolute Gasteiger partial charge is 0.254 e. The summed E-state index contributed by atoms with van der Waals surface area (Å²) in [5.74, 6) is 3.91. The van der Waals surface area contributed by atoms with Crippen molar-refractivity contribution in [1.82, 2.24) is 55.7 Å². The first kappa shape index (κ1) is 93.1. The van der Waals surface area contributed by atoms with E-state index in [0.29, 0.717) is 149 Å². The van der Waals surface area contributed by atoms with Gasteiger partial charge in [0.1, 0.15) is 45.3 Å². The average Bonchev–Trinajstić information content (AvgIpc) is 1.67. The highest BCUT2D eigenvalue weighted by atomic mass is 32.2. The molecule has 22 N–H and O–H groups in total. The lowest BCUT2D eigenvalue weighted by Gasteiger charge is -2.36. The Hall–Kier alpha value is -14.5. The van der Waals surface area contributed by atoms with Crippen molar-refractivity contribution in [2.45, 2.75) is 133 Å². The molecule has 3 aliphatic rings. The molecular weight excluding hydrogens is 1660 g/mol. The fraction of sp³-hybridized carbons (Fsp3) is 0.306. The Bertz CT molecular complexity index is 5980. The number of amides is 4. The molecule has 0 atom stereocenters. The van der Waals surface area contributed by atoms with Gasteiger partial charge >= 0.3 is 0 Å². The summed E-state index contributed by atoms with van der Waals surface area (Å²) in [4.78, 5) is 66.9. The van der Waals surface area contributed by atoms with Crippen molar-refractivity contribution < 1.29 is 39.6 Å². The van der Waals surface area contributed by atoms with Crippen molar-refractivity contribution in [3.8, 4) is 23.0 Å². The SMILES string of the molecule is Cc1cc(CNc2n[nH]c(Cc3ccc(CN4CCCCC4)cc3)c2C(N)=O)cc(C)c1O.Cc1cc(CNc2n[nH]c(Cc3ccc(N)cc3)c2C(N)=O)cc(C)c1O.Cc1cc(CNc2n[nH]c(Cc3ccc(N4CCN(c5ncccn5)CC4)cc3)c2C(N)=O)cc(C)c1O.Cc1cc(CNc2n[nH]c(Cc3ccc(N4CCSCC4)cc3)c2C(N)=O)cc(C)c1O. The molecule has 31 nitrogen and oxygen atoms in total. The van der Waals surface area contributed by atoms with Gasteiger partial charge in [0.2, 0.25) is 5.95 Å². The van der Waals surface area contributed by atoms with Gasteiger partial charge in [-0.3, -0.25) is 44.5 Å². The summed E-state index contributed by atoms with van der Waals surface area (Å²) >= 11 is 2.00. The van der Waals surface area contributed by atoms with Crippen LogP contribution in [0.1, 0.15) is 178 Å². The van der Waals surface area contributed by atoms with Gasteiger partial charge in [-0.05, 0) is 218 Å². The lowest BCUT2D eigenvalue weighted by Crippen LogP contribution is -2.47. The number of benzene rings is 8. The molecule has 3 aliphatic heterocycles. The first-order valence-electron chi connectivity index (χ1n) is 43.6. The van der Waals surface area contributed by atoms with Crippen LogP contribution in [0.25, 0.3) is 0 Å². The van der Waals surface area contributed by atoms with Gasteiger partial charge < -0.3 is 85.1 Å². The zero-order chi connectivity index (χ0) is 92.2. The molecule has 130 heavy (non-hydrogen) atoms. The van der Waals surface area contributed by atoms with Crippen molar-refractivity contribution in [2.24, 2.45) is 22.9 Å². The Kier molecular flexibility index (Phi) is 31.0. The minimum atomic E-state index is -0.547. The van der Waals surface area contributed by atoms with E-state index < -0.39 is 23.6 Å². The fourth-order valence-electron chi connectivity index (χ4n) is 16.6. The van der Waals surface area contributed by atoms with Crippen LogP contribution in [0, 0.1) is 55.4 Å². The van der Waals surface area contributed by atoms with Crippen LogP contribution in [0.5, 0.6) is 23.0 Å². The first-order chi connectivity index (χ1) is 62.6. The summed E-state index contributed by atoms with van der Waals surface area (Å²) in [5.41, 5.74) is 51.6. The minimum Gasteiger partial charge on any atom is -0.507 e. The number of hydrogen-bond acceptors (Lipinski definition) is 24. The molecule has 0 unspecified atom stereocenters. The fourth-order valence-corrected chi connectivity index (χ4v) is 17.5. The van der Waals surface area contributed by atoms with Crippen LogP contribution in [0.2, 0.25) is 0 Å². The van der Waals surface area contributed by atoms with Crippen LogP contribution in [0.4, 0.5) is 46.3 Å². The number of likely N-dealkylation sites (tertiary alicyclic amines) is 1. The Balaban J connectivity index is 0.000000149. The predicted molar refractivity (Wildman–Crippen MR) is 515 cm³/mol. The number of H-pyrrole nitrogens is 4. The molecule has 8 heterocycles. The second-order valence-corrected chi connectivity index (χ2v) is 34.7. The van der Waals surface area contributed by atoms with E-state index in [0.717, 1.165) is 158 Å². The highest BCUT2D eigenvalue weighted by Crippen LogP contribution is 2.33. The van der Waals surface area contributed by atoms with Gasteiger partial charge in [0.05, 0.1) is 22.8 Å². The number of aromatic hydroxyl groups is 4. The number of piperazine rings is 1. The highest BCUT2D eigenvalue weighted by Gasteiger charge is 2.26. The van der Waals surface area contributed by atoms with Crippen LogP contribution in [0.3, 0.4) is 0 Å². The molecule has 0 bridgehead atoms. The van der Waals surface area contributed by atoms with E-state index in [1.807, 2.05) is 146 Å². The van der Waals surface area contributed by atoms with Crippen molar-refractivity contribution in [3.63, 3.8) is 0 Å². The highest BCUT2D eigenvalue weighted by molar-refractivity contribution is 7.99. The molecule has 0 spiro atoms. The number of rotatable bonds is 29. The molecule has 16 rings (SSSR count). The van der Waals surface area contributed by atoms with Crippen molar-refractivity contribution >= 4 is 81.7 Å². The van der Waals surface area contributed by atoms with E-state index in [4.69, 9.17) is 28.7 Å². The molecule has 32 heteroatoms. The Morgan fingerprint density at radius 1 is 0.354 bits per heavy atom. The molecule has 0 aliphatic carbocycles. The third-order valence-corrected chi connectivity index (χ3v) is 24.4. The third kappa shape index (κ3) is 24.2. The number of anilines is 8. The maximum Gasteiger partial charge on any atom is 0.254 e. The average molecular weight is 1780 g/mol. The maximum absolute atomic E-state index is 12.3. The summed E-state index contributed by atoms with van der Waals surface area (Å²) in [6, 6.07) is 49.9. The number of nitrogens with one attached hydrogen (secondary N) is 8. The number of nitrogens with two attached hydrogens (primary N) is 5. The second-order valence-electron chi connectivity index (χ2n) is 33.4. The topological polar surface area (TPSA) is 481 Å². The number of aromatic amines is 4. The Morgan fingerprint density at radius 2 is 0.623 bits per heavy atom. The summed E-state index contributed by atoms with van der Waals surface area (Å²) in [6.45, 7) is 25.7. The quantitative estimate of drug-likeness (QED) is 0.0194. The van der Waals surface area contributed by atoms with E-state index in [9.17, 15) is 39.6 Å². The summed E-state index contributed by atoms with van der Waals surface area (Å²) < 4.78 is 0. The number of aromatic nitrogens is 10. The Morgan fingerprint density at radius 3 is 0.923 bits per heavy atom.